The van der Waals surface area contributed by atoms with E-state index < -0.39 is 39.7 Å². The van der Waals surface area contributed by atoms with Crippen LogP contribution in [-0.4, -0.2) is 50.3 Å². The number of nitrogens with two attached hydrogens (primary N) is 1. The molecule has 1 amide bonds. The van der Waals surface area contributed by atoms with E-state index >= 15 is 0 Å². The molecule has 18 heavy (non-hydrogen) atoms. The van der Waals surface area contributed by atoms with Crippen LogP contribution in [0.4, 0.5) is 0 Å². The standard InChI is InChI=1S/C8H14N2O7S/c1-17-7(12)4-18(15,16)10-5(8(13)14)2-3-6(9)11/h5,10H,2-4H2,1H3,(H2,9,11)(H,13,14). The highest BCUT2D eigenvalue weighted by Gasteiger charge is 2.26. The number of amides is 1. The highest BCUT2D eigenvalue weighted by molar-refractivity contribution is 7.90. The molecule has 9 nitrogen and oxygen atoms in total. The molecule has 0 aliphatic heterocycles. The minimum atomic E-state index is -4.14. The first-order valence-electron chi connectivity index (χ1n) is 4.76. The van der Waals surface area contributed by atoms with Gasteiger partial charge >= 0.3 is 11.9 Å². The Morgan fingerprint density at radius 2 is 1.94 bits per heavy atom. The first-order chi connectivity index (χ1) is 8.18. The summed E-state index contributed by atoms with van der Waals surface area (Å²) in [5, 5.41) is 8.75. The van der Waals surface area contributed by atoms with Crippen molar-refractivity contribution in [3.8, 4) is 0 Å². The summed E-state index contributed by atoms with van der Waals surface area (Å²) >= 11 is 0. The second-order valence-corrected chi connectivity index (χ2v) is 5.10. The van der Waals surface area contributed by atoms with Crippen molar-refractivity contribution in [1.29, 1.82) is 0 Å². The van der Waals surface area contributed by atoms with Gasteiger partial charge in [0, 0.05) is 6.42 Å². The number of aliphatic carboxylic acids is 1. The van der Waals surface area contributed by atoms with E-state index in [9.17, 15) is 22.8 Å². The normalized spacial score (nSPS) is 12.7. The van der Waals surface area contributed by atoms with Gasteiger partial charge in [-0.25, -0.2) is 13.1 Å². The third kappa shape index (κ3) is 6.81. The van der Waals surface area contributed by atoms with Gasteiger partial charge in [-0.3, -0.25) is 14.4 Å². The second kappa shape index (κ2) is 6.91. The molecule has 10 heteroatoms. The Kier molecular flexibility index (Phi) is 6.27. The summed E-state index contributed by atoms with van der Waals surface area (Å²) in [6.07, 6.45) is -0.594. The molecule has 0 radical (unpaired) electrons. The SMILES string of the molecule is COC(=O)CS(=O)(=O)NC(CCC(N)=O)C(=O)O. The summed E-state index contributed by atoms with van der Waals surface area (Å²) in [6, 6.07) is -1.52. The van der Waals surface area contributed by atoms with Gasteiger partial charge in [0.2, 0.25) is 15.9 Å². The molecule has 0 aromatic carbocycles. The lowest BCUT2D eigenvalue weighted by molar-refractivity contribution is -0.140. The Bertz CT molecular complexity index is 431. The maximum absolute atomic E-state index is 11.4. The van der Waals surface area contributed by atoms with E-state index in [2.05, 4.69) is 4.74 Å². The van der Waals surface area contributed by atoms with Crippen LogP contribution in [0.5, 0.6) is 0 Å². The summed E-state index contributed by atoms with van der Waals surface area (Å²) in [4.78, 5) is 32.0. The number of ether oxygens (including phenoxy) is 1. The van der Waals surface area contributed by atoms with Crippen LogP contribution in [-0.2, 0) is 29.1 Å². The molecule has 0 aliphatic rings. The van der Waals surface area contributed by atoms with Crippen LogP contribution in [0.2, 0.25) is 0 Å². The molecule has 0 saturated carbocycles. The van der Waals surface area contributed by atoms with Crippen LogP contribution in [0.25, 0.3) is 0 Å². The third-order valence-corrected chi connectivity index (χ3v) is 3.09. The molecule has 104 valence electrons. The van der Waals surface area contributed by atoms with Crippen molar-refractivity contribution in [3.63, 3.8) is 0 Å². The zero-order chi connectivity index (χ0) is 14.3. The Labute approximate surface area is 103 Å². The molecule has 0 aromatic rings. The molecule has 0 aromatic heterocycles. The summed E-state index contributed by atoms with van der Waals surface area (Å²) in [5.74, 6) is -4.25. The van der Waals surface area contributed by atoms with Crippen LogP contribution in [0.1, 0.15) is 12.8 Å². The molecule has 0 aliphatic carbocycles. The Morgan fingerprint density at radius 1 is 1.39 bits per heavy atom. The van der Waals surface area contributed by atoms with Crippen molar-refractivity contribution in [1.82, 2.24) is 4.72 Å². The van der Waals surface area contributed by atoms with Crippen molar-refractivity contribution in [2.24, 2.45) is 5.73 Å². The van der Waals surface area contributed by atoms with Crippen molar-refractivity contribution in [3.05, 3.63) is 0 Å². The molecule has 1 atom stereocenters. The third-order valence-electron chi connectivity index (χ3n) is 1.83. The molecular weight excluding hydrogens is 268 g/mol. The first-order valence-corrected chi connectivity index (χ1v) is 6.41. The Morgan fingerprint density at radius 3 is 2.33 bits per heavy atom. The number of carbonyl (C=O) groups is 3. The van der Waals surface area contributed by atoms with Crippen LogP contribution < -0.4 is 10.5 Å². The van der Waals surface area contributed by atoms with Gasteiger partial charge in [0.05, 0.1) is 7.11 Å². The highest BCUT2D eigenvalue weighted by atomic mass is 32.2. The van der Waals surface area contributed by atoms with Gasteiger partial charge in [-0.1, -0.05) is 0 Å². The number of methoxy groups -OCH3 is 1. The van der Waals surface area contributed by atoms with E-state index in [1.54, 1.807) is 4.72 Å². The van der Waals surface area contributed by atoms with E-state index in [-0.39, 0.29) is 12.8 Å². The zero-order valence-corrected chi connectivity index (χ0v) is 10.4. The largest absolute Gasteiger partial charge is 0.480 e. The van der Waals surface area contributed by atoms with Gasteiger partial charge < -0.3 is 15.6 Å². The fraction of sp³-hybridized carbons (Fsp3) is 0.625. The molecule has 0 rings (SSSR count). The number of sulfonamides is 1. The van der Waals surface area contributed by atoms with Crippen LogP contribution in [0.15, 0.2) is 0 Å². The number of rotatable bonds is 8. The lowest BCUT2D eigenvalue weighted by atomic mass is 10.2. The van der Waals surface area contributed by atoms with Crippen molar-refractivity contribution >= 4 is 27.9 Å². The maximum atomic E-state index is 11.4. The molecule has 0 heterocycles. The minimum absolute atomic E-state index is 0.294. The number of nitrogens with one attached hydrogen (secondary N) is 1. The number of carbonyl (C=O) groups excluding carboxylic acids is 2. The van der Waals surface area contributed by atoms with Crippen LogP contribution in [0.3, 0.4) is 0 Å². The van der Waals surface area contributed by atoms with E-state index in [1.165, 1.54) is 0 Å². The minimum Gasteiger partial charge on any atom is -0.480 e. The van der Waals surface area contributed by atoms with Gasteiger partial charge in [0.1, 0.15) is 6.04 Å². The Hall–Kier alpha value is -1.68. The summed E-state index contributed by atoms with van der Waals surface area (Å²) in [5.41, 5.74) is 4.82. The van der Waals surface area contributed by atoms with E-state index in [1.807, 2.05) is 0 Å². The lowest BCUT2D eigenvalue weighted by Crippen LogP contribution is -2.43. The van der Waals surface area contributed by atoms with Crippen LogP contribution in [0, 0.1) is 0 Å². The summed E-state index contributed by atoms with van der Waals surface area (Å²) in [6.45, 7) is 0. The molecule has 0 saturated heterocycles. The second-order valence-electron chi connectivity index (χ2n) is 3.35. The van der Waals surface area contributed by atoms with Gasteiger partial charge in [0.25, 0.3) is 0 Å². The summed E-state index contributed by atoms with van der Waals surface area (Å²) in [7, 11) is -3.14. The average molecular weight is 282 g/mol. The number of primary amides is 1. The molecule has 0 spiro atoms. The smallest absolute Gasteiger partial charge is 0.322 e. The molecule has 4 N–H and O–H groups in total. The molecule has 1 unspecified atom stereocenters. The van der Waals surface area contributed by atoms with E-state index in [0.717, 1.165) is 7.11 Å². The first kappa shape index (κ1) is 16.3. The molecule has 0 fully saturated rings. The lowest BCUT2D eigenvalue weighted by Gasteiger charge is -2.13. The number of carboxylic acids is 1. The van der Waals surface area contributed by atoms with Crippen molar-refractivity contribution in [2.45, 2.75) is 18.9 Å². The van der Waals surface area contributed by atoms with Gasteiger partial charge in [-0.2, -0.15) is 0 Å². The quantitative estimate of drug-likeness (QED) is 0.427. The van der Waals surface area contributed by atoms with E-state index in [4.69, 9.17) is 10.8 Å². The summed E-state index contributed by atoms with van der Waals surface area (Å²) < 4.78 is 28.7. The Balaban J connectivity index is 4.62. The predicted octanol–water partition coefficient (Wildman–Crippen LogP) is -2.20. The van der Waals surface area contributed by atoms with Crippen molar-refractivity contribution in [2.75, 3.05) is 12.9 Å². The fourth-order valence-electron chi connectivity index (χ4n) is 0.992. The fourth-order valence-corrected chi connectivity index (χ4v) is 2.16. The number of hydrogen-bond acceptors (Lipinski definition) is 6. The van der Waals surface area contributed by atoms with Crippen LogP contribution >= 0.6 is 0 Å². The molecular formula is C8H14N2O7S. The number of hydrogen-bond donors (Lipinski definition) is 3. The maximum Gasteiger partial charge on any atom is 0.322 e. The highest BCUT2D eigenvalue weighted by Crippen LogP contribution is 2.00. The predicted molar refractivity (Wildman–Crippen MR) is 58.8 cm³/mol. The average Bonchev–Trinajstić information content (AvgIpc) is 2.22. The zero-order valence-electron chi connectivity index (χ0n) is 9.58. The van der Waals surface area contributed by atoms with E-state index in [0.29, 0.717) is 0 Å². The van der Waals surface area contributed by atoms with Gasteiger partial charge in [-0.15, -0.1) is 0 Å². The number of carboxylic acid groups (broad SMARTS) is 1. The van der Waals surface area contributed by atoms with Gasteiger partial charge in [-0.05, 0) is 6.42 Å². The number of esters is 1. The van der Waals surface area contributed by atoms with Crippen molar-refractivity contribution < 1.29 is 32.6 Å². The topological polar surface area (TPSA) is 153 Å². The van der Waals surface area contributed by atoms with Gasteiger partial charge in [0.15, 0.2) is 5.75 Å². The molecule has 0 bridgehead atoms. The monoisotopic (exact) mass is 282 g/mol.